The predicted molar refractivity (Wildman–Crippen MR) is 82.3 cm³/mol. The van der Waals surface area contributed by atoms with Gasteiger partial charge >= 0.3 is 0 Å². The van der Waals surface area contributed by atoms with Crippen LogP contribution >= 0.6 is 0 Å². The summed E-state index contributed by atoms with van der Waals surface area (Å²) in [5.74, 6) is 2.30. The Morgan fingerprint density at radius 1 is 1.09 bits per heavy atom. The number of hydrogen-bond acceptors (Lipinski definition) is 4. The van der Waals surface area contributed by atoms with Crippen LogP contribution in [0.2, 0.25) is 0 Å². The van der Waals surface area contributed by atoms with Gasteiger partial charge in [0, 0.05) is 18.0 Å². The Kier molecular flexibility index (Phi) is 2.87. The van der Waals surface area contributed by atoms with Crippen molar-refractivity contribution in [1.29, 1.82) is 0 Å². The van der Waals surface area contributed by atoms with Gasteiger partial charge in [0.15, 0.2) is 5.82 Å². The van der Waals surface area contributed by atoms with Crippen molar-refractivity contribution < 1.29 is 4.52 Å². The van der Waals surface area contributed by atoms with E-state index >= 15 is 0 Å². The molecular weight excluding hydrogens is 274 g/mol. The number of aryl methyl sites for hydroxylation is 1. The fourth-order valence-corrected chi connectivity index (χ4v) is 3.77. The molecule has 0 N–H and O–H groups in total. The zero-order valence-corrected chi connectivity index (χ0v) is 12.7. The fraction of sp³-hybridized carbons (Fsp3) is 0.556. The summed E-state index contributed by atoms with van der Waals surface area (Å²) in [5, 5.41) is 4.17. The van der Waals surface area contributed by atoms with E-state index in [2.05, 4.69) is 39.3 Å². The van der Waals surface area contributed by atoms with Gasteiger partial charge in [0.2, 0.25) is 5.89 Å². The lowest BCUT2D eigenvalue weighted by atomic mass is 10.1. The van der Waals surface area contributed by atoms with Gasteiger partial charge in [-0.15, -0.1) is 0 Å². The molecule has 0 saturated heterocycles. The topological polar surface area (TPSA) is 42.2 Å². The van der Waals surface area contributed by atoms with Crippen LogP contribution in [0, 0.1) is 0 Å². The van der Waals surface area contributed by atoms with Crippen molar-refractivity contribution in [3.8, 4) is 0 Å². The summed E-state index contributed by atoms with van der Waals surface area (Å²) in [5.41, 5.74) is 3.03. The Bertz CT molecular complexity index is 687. The van der Waals surface area contributed by atoms with Crippen LogP contribution in [0.5, 0.6) is 0 Å². The average molecular weight is 295 g/mol. The first-order valence-electron chi connectivity index (χ1n) is 8.54. The predicted octanol–water partition coefficient (Wildman–Crippen LogP) is 3.60. The fourth-order valence-electron chi connectivity index (χ4n) is 3.77. The molecule has 1 heterocycles. The van der Waals surface area contributed by atoms with Crippen molar-refractivity contribution in [2.24, 2.45) is 0 Å². The molecule has 3 aliphatic carbocycles. The molecule has 3 aliphatic rings. The Morgan fingerprint density at radius 3 is 2.77 bits per heavy atom. The van der Waals surface area contributed by atoms with E-state index in [1.165, 1.54) is 49.7 Å². The minimum Gasteiger partial charge on any atom is -0.338 e. The van der Waals surface area contributed by atoms with Crippen molar-refractivity contribution in [1.82, 2.24) is 15.0 Å². The molecular formula is C18H21N3O. The Morgan fingerprint density at radius 2 is 1.95 bits per heavy atom. The Balaban J connectivity index is 1.40. The molecule has 2 aromatic rings. The van der Waals surface area contributed by atoms with Gasteiger partial charge in [-0.3, -0.25) is 4.90 Å². The lowest BCUT2D eigenvalue weighted by molar-refractivity contribution is 0.154. The molecule has 0 amide bonds. The summed E-state index contributed by atoms with van der Waals surface area (Å²) in [7, 11) is 0. The van der Waals surface area contributed by atoms with Crippen molar-refractivity contribution in [3.63, 3.8) is 0 Å². The molecule has 1 aromatic heterocycles. The quantitative estimate of drug-likeness (QED) is 0.845. The molecule has 1 atom stereocenters. The van der Waals surface area contributed by atoms with Crippen molar-refractivity contribution >= 4 is 0 Å². The third kappa shape index (κ3) is 2.26. The second kappa shape index (κ2) is 4.92. The number of nitrogens with zero attached hydrogens (tertiary/aromatic N) is 3. The number of fused-ring (bicyclic) bond motifs is 1. The molecule has 2 fully saturated rings. The first kappa shape index (κ1) is 12.8. The van der Waals surface area contributed by atoms with E-state index in [4.69, 9.17) is 4.52 Å². The summed E-state index contributed by atoms with van der Waals surface area (Å²) in [6.45, 7) is 0.809. The molecule has 0 bridgehead atoms. The van der Waals surface area contributed by atoms with E-state index in [9.17, 15) is 0 Å². The second-order valence-electron chi connectivity index (χ2n) is 6.98. The number of rotatable bonds is 5. The van der Waals surface area contributed by atoms with Crippen LogP contribution in [0.25, 0.3) is 0 Å². The summed E-state index contributed by atoms with van der Waals surface area (Å²) < 4.78 is 5.52. The molecule has 0 aliphatic heterocycles. The monoisotopic (exact) mass is 295 g/mol. The van der Waals surface area contributed by atoms with Gasteiger partial charge < -0.3 is 4.52 Å². The first-order valence-corrected chi connectivity index (χ1v) is 8.54. The lowest BCUT2D eigenvalue weighted by Crippen LogP contribution is -2.29. The maximum absolute atomic E-state index is 5.52. The summed E-state index contributed by atoms with van der Waals surface area (Å²) in [6.07, 6.45) is 7.48. The second-order valence-corrected chi connectivity index (χ2v) is 6.98. The van der Waals surface area contributed by atoms with Crippen LogP contribution in [0.1, 0.15) is 66.9 Å². The Labute approximate surface area is 130 Å². The third-order valence-corrected chi connectivity index (χ3v) is 5.26. The molecule has 1 aromatic carbocycles. The van der Waals surface area contributed by atoms with E-state index in [-0.39, 0.29) is 0 Å². The van der Waals surface area contributed by atoms with Crippen LogP contribution in [0.3, 0.4) is 0 Å². The van der Waals surface area contributed by atoms with Gasteiger partial charge in [-0.05, 0) is 49.7 Å². The number of hydrogen-bond donors (Lipinski definition) is 0. The van der Waals surface area contributed by atoms with Crippen LogP contribution in [-0.2, 0) is 13.0 Å². The van der Waals surface area contributed by atoms with Gasteiger partial charge in [-0.25, -0.2) is 0 Å². The minimum absolute atomic E-state index is 0.528. The van der Waals surface area contributed by atoms with E-state index in [1.807, 2.05) is 0 Å². The molecule has 2 saturated carbocycles. The minimum atomic E-state index is 0.528. The zero-order chi connectivity index (χ0) is 14.5. The largest absolute Gasteiger partial charge is 0.338 e. The summed E-state index contributed by atoms with van der Waals surface area (Å²) in [4.78, 5) is 7.24. The molecule has 0 spiro atoms. The smallest absolute Gasteiger partial charge is 0.240 e. The number of aromatic nitrogens is 2. The molecule has 0 radical (unpaired) electrons. The maximum atomic E-state index is 5.52. The van der Waals surface area contributed by atoms with Crippen LogP contribution in [-0.4, -0.2) is 21.1 Å². The van der Waals surface area contributed by atoms with E-state index in [0.29, 0.717) is 18.0 Å². The normalized spacial score (nSPS) is 24.0. The lowest BCUT2D eigenvalue weighted by Gasteiger charge is -2.28. The molecule has 114 valence electrons. The van der Waals surface area contributed by atoms with Crippen molar-refractivity contribution in [3.05, 3.63) is 47.1 Å². The first-order chi connectivity index (χ1) is 10.9. The molecule has 4 heteroatoms. The number of benzene rings is 1. The van der Waals surface area contributed by atoms with E-state index < -0.39 is 0 Å². The Hall–Kier alpha value is -1.68. The maximum Gasteiger partial charge on any atom is 0.240 e. The van der Waals surface area contributed by atoms with Gasteiger partial charge in [-0.2, -0.15) is 4.98 Å². The van der Waals surface area contributed by atoms with Crippen LogP contribution in [0.4, 0.5) is 0 Å². The summed E-state index contributed by atoms with van der Waals surface area (Å²) >= 11 is 0. The van der Waals surface area contributed by atoms with Crippen LogP contribution < -0.4 is 0 Å². The van der Waals surface area contributed by atoms with E-state index in [0.717, 1.165) is 18.3 Å². The van der Waals surface area contributed by atoms with Crippen molar-refractivity contribution in [2.75, 3.05) is 0 Å². The van der Waals surface area contributed by atoms with Gasteiger partial charge in [0.1, 0.15) is 0 Å². The van der Waals surface area contributed by atoms with Crippen molar-refractivity contribution in [2.45, 2.75) is 63.1 Å². The highest BCUT2D eigenvalue weighted by atomic mass is 16.5. The van der Waals surface area contributed by atoms with Gasteiger partial charge in [-0.1, -0.05) is 29.4 Å². The summed E-state index contributed by atoms with van der Waals surface area (Å²) in [6, 6.07) is 10.1. The molecule has 1 unspecified atom stereocenters. The van der Waals surface area contributed by atoms with Gasteiger partial charge in [0.25, 0.3) is 0 Å². The highest BCUT2D eigenvalue weighted by Gasteiger charge is 2.38. The molecule has 5 rings (SSSR count). The SMILES string of the molecule is c1ccc2c(c1)CCC2N(Cc1nc(C2CC2)no1)C1CC1. The average Bonchev–Trinajstić information content (AvgIpc) is 3.47. The van der Waals surface area contributed by atoms with Crippen LogP contribution in [0.15, 0.2) is 28.8 Å². The van der Waals surface area contributed by atoms with E-state index in [1.54, 1.807) is 0 Å². The third-order valence-electron chi connectivity index (χ3n) is 5.26. The molecule has 4 nitrogen and oxygen atoms in total. The molecule has 22 heavy (non-hydrogen) atoms. The zero-order valence-electron chi connectivity index (χ0n) is 12.7. The standard InChI is InChI=1S/C18H21N3O/c1-2-4-15-12(3-1)7-10-16(15)21(14-8-9-14)11-17-19-18(20-22-17)13-5-6-13/h1-4,13-14,16H,5-11H2. The van der Waals surface area contributed by atoms with Gasteiger partial charge in [0.05, 0.1) is 6.54 Å². The highest BCUT2D eigenvalue weighted by Crippen LogP contribution is 2.43. The highest BCUT2D eigenvalue weighted by molar-refractivity contribution is 5.34.